The van der Waals surface area contributed by atoms with Crippen molar-refractivity contribution in [1.82, 2.24) is 4.31 Å². The highest BCUT2D eigenvalue weighted by Crippen LogP contribution is 2.21. The van der Waals surface area contributed by atoms with Gasteiger partial charge in [-0.25, -0.2) is 21.1 Å². The average molecular weight is 313 g/mol. The van der Waals surface area contributed by atoms with Crippen LogP contribution in [0.25, 0.3) is 0 Å². The van der Waals surface area contributed by atoms with Gasteiger partial charge in [0.2, 0.25) is 10.0 Å². The van der Waals surface area contributed by atoms with E-state index >= 15 is 0 Å². The molecule has 1 heterocycles. The third kappa shape index (κ3) is 5.07. The summed E-state index contributed by atoms with van der Waals surface area (Å²) in [5.74, 6) is -0.618. The van der Waals surface area contributed by atoms with Crippen LogP contribution < -0.4 is 0 Å². The lowest BCUT2D eigenvalue weighted by atomic mass is 9.98. The van der Waals surface area contributed by atoms with Gasteiger partial charge in [-0.05, 0) is 19.8 Å². The largest absolute Gasteiger partial charge is 0.466 e. The van der Waals surface area contributed by atoms with Crippen molar-refractivity contribution in [1.29, 1.82) is 0 Å². The van der Waals surface area contributed by atoms with Crippen LogP contribution in [-0.4, -0.2) is 58.1 Å². The van der Waals surface area contributed by atoms with Crippen LogP contribution in [0, 0.1) is 5.92 Å². The molecule has 0 amide bonds. The SMILES string of the molecule is CCOC(=O)C1CCN(S(=O)(=O)CS(C)(=O)=O)CC1. The summed E-state index contributed by atoms with van der Waals surface area (Å²) in [5, 5.41) is -0.885. The second kappa shape index (κ2) is 6.19. The summed E-state index contributed by atoms with van der Waals surface area (Å²) in [6.07, 6.45) is 1.61. The van der Waals surface area contributed by atoms with Crippen molar-refractivity contribution in [2.24, 2.45) is 5.92 Å². The molecule has 7 nitrogen and oxygen atoms in total. The van der Waals surface area contributed by atoms with Crippen LogP contribution in [0.4, 0.5) is 0 Å². The third-order valence-electron chi connectivity index (χ3n) is 2.83. The molecule has 9 heteroatoms. The van der Waals surface area contributed by atoms with Gasteiger partial charge in [0.15, 0.2) is 14.9 Å². The van der Waals surface area contributed by atoms with E-state index in [2.05, 4.69) is 0 Å². The molecule has 0 spiro atoms. The Labute approximate surface area is 113 Å². The number of esters is 1. The Kier molecular flexibility index (Phi) is 5.34. The molecule has 0 N–H and O–H groups in total. The van der Waals surface area contributed by atoms with Crippen molar-refractivity contribution in [2.75, 3.05) is 31.0 Å². The Morgan fingerprint density at radius 1 is 1.21 bits per heavy atom. The average Bonchev–Trinajstić information content (AvgIpc) is 2.26. The summed E-state index contributed by atoms with van der Waals surface area (Å²) in [5.41, 5.74) is 0. The van der Waals surface area contributed by atoms with Gasteiger partial charge in [0, 0.05) is 19.3 Å². The molecule has 1 saturated heterocycles. The van der Waals surface area contributed by atoms with E-state index in [1.165, 1.54) is 0 Å². The van der Waals surface area contributed by atoms with Gasteiger partial charge >= 0.3 is 5.97 Å². The number of hydrogen-bond acceptors (Lipinski definition) is 6. The van der Waals surface area contributed by atoms with Crippen LogP contribution in [0.5, 0.6) is 0 Å². The Morgan fingerprint density at radius 2 is 1.74 bits per heavy atom. The zero-order chi connectivity index (χ0) is 14.7. The summed E-state index contributed by atoms with van der Waals surface area (Å²) in [4.78, 5) is 11.5. The lowest BCUT2D eigenvalue weighted by Gasteiger charge is -2.29. The van der Waals surface area contributed by atoms with Crippen molar-refractivity contribution in [3.05, 3.63) is 0 Å². The second-order valence-corrected chi connectivity index (χ2v) is 9.06. The first-order chi connectivity index (χ1) is 8.65. The monoisotopic (exact) mass is 313 g/mol. The third-order valence-corrected chi connectivity index (χ3v) is 6.89. The number of ether oxygens (including phenoxy) is 1. The van der Waals surface area contributed by atoms with Crippen LogP contribution in [0.1, 0.15) is 19.8 Å². The molecule has 0 aliphatic carbocycles. The Morgan fingerprint density at radius 3 is 2.16 bits per heavy atom. The highest BCUT2D eigenvalue weighted by molar-refractivity contribution is 8.06. The standard InChI is InChI=1S/C10H19NO6S2/c1-3-17-10(12)9-4-6-11(7-5-9)19(15,16)8-18(2,13)14/h9H,3-8H2,1-2H3. The van der Waals surface area contributed by atoms with Crippen molar-refractivity contribution < 1.29 is 26.4 Å². The van der Waals surface area contributed by atoms with E-state index in [-0.39, 0.29) is 25.0 Å². The minimum Gasteiger partial charge on any atom is -0.466 e. The number of carbonyl (C=O) groups excluding carboxylic acids is 1. The summed E-state index contributed by atoms with van der Waals surface area (Å²) in [7, 11) is -7.40. The zero-order valence-electron chi connectivity index (χ0n) is 11.0. The van der Waals surface area contributed by atoms with Gasteiger partial charge in [-0.2, -0.15) is 0 Å². The first-order valence-electron chi connectivity index (χ1n) is 5.98. The highest BCUT2D eigenvalue weighted by Gasteiger charge is 2.33. The van der Waals surface area contributed by atoms with Gasteiger partial charge in [0.25, 0.3) is 0 Å². The number of rotatable bonds is 5. The van der Waals surface area contributed by atoms with E-state index in [0.717, 1.165) is 10.6 Å². The molecule has 1 rings (SSSR count). The maximum absolute atomic E-state index is 11.8. The van der Waals surface area contributed by atoms with Crippen molar-refractivity contribution in [3.8, 4) is 0 Å². The normalized spacial score (nSPS) is 19.3. The molecule has 0 aromatic rings. The summed E-state index contributed by atoms with van der Waals surface area (Å²) in [6, 6.07) is 0. The quantitative estimate of drug-likeness (QED) is 0.640. The van der Waals surface area contributed by atoms with E-state index in [4.69, 9.17) is 4.74 Å². The predicted molar refractivity (Wildman–Crippen MR) is 69.6 cm³/mol. The molecule has 1 aliphatic heterocycles. The van der Waals surface area contributed by atoms with Crippen LogP contribution in [0.3, 0.4) is 0 Å². The summed E-state index contributed by atoms with van der Waals surface area (Å²) >= 11 is 0. The highest BCUT2D eigenvalue weighted by atomic mass is 32.3. The molecule has 1 fully saturated rings. The van der Waals surface area contributed by atoms with E-state index in [1.54, 1.807) is 6.92 Å². The molecule has 19 heavy (non-hydrogen) atoms. The molecule has 0 unspecified atom stereocenters. The van der Waals surface area contributed by atoms with Crippen molar-refractivity contribution in [2.45, 2.75) is 19.8 Å². The fourth-order valence-corrected chi connectivity index (χ4v) is 5.50. The van der Waals surface area contributed by atoms with Crippen LogP contribution in [0.2, 0.25) is 0 Å². The summed E-state index contributed by atoms with van der Waals surface area (Å²) in [6.45, 7) is 2.32. The maximum atomic E-state index is 11.8. The number of sulfonamides is 1. The van der Waals surface area contributed by atoms with Gasteiger partial charge in [-0.1, -0.05) is 0 Å². The van der Waals surface area contributed by atoms with E-state index in [9.17, 15) is 21.6 Å². The molecule has 0 atom stereocenters. The van der Waals surface area contributed by atoms with Gasteiger partial charge in [0.1, 0.15) is 0 Å². The topological polar surface area (TPSA) is 97.8 Å². The number of hydrogen-bond donors (Lipinski definition) is 0. The summed E-state index contributed by atoms with van der Waals surface area (Å²) < 4.78 is 51.8. The predicted octanol–water partition coefficient (Wildman–Crippen LogP) is -0.407. The molecular weight excluding hydrogens is 294 g/mol. The number of carbonyl (C=O) groups is 1. The fourth-order valence-electron chi connectivity index (χ4n) is 1.97. The maximum Gasteiger partial charge on any atom is 0.309 e. The van der Waals surface area contributed by atoms with Crippen LogP contribution >= 0.6 is 0 Å². The number of piperidine rings is 1. The lowest BCUT2D eigenvalue weighted by molar-refractivity contribution is -0.149. The Balaban J connectivity index is 2.61. The molecule has 0 radical (unpaired) electrons. The van der Waals surface area contributed by atoms with Gasteiger partial charge in [-0.3, -0.25) is 4.79 Å². The molecule has 0 saturated carbocycles. The molecule has 0 aromatic carbocycles. The minimum atomic E-state index is -3.81. The second-order valence-electron chi connectivity index (χ2n) is 4.58. The zero-order valence-corrected chi connectivity index (χ0v) is 12.7. The molecule has 0 bridgehead atoms. The first-order valence-corrected chi connectivity index (χ1v) is 9.65. The van der Waals surface area contributed by atoms with Crippen molar-refractivity contribution in [3.63, 3.8) is 0 Å². The first kappa shape index (κ1) is 16.4. The van der Waals surface area contributed by atoms with Gasteiger partial charge in [0.05, 0.1) is 12.5 Å². The molecule has 0 aromatic heterocycles. The Bertz CT molecular complexity index is 516. The molecular formula is C10H19NO6S2. The minimum absolute atomic E-state index is 0.154. The van der Waals surface area contributed by atoms with E-state index < -0.39 is 24.9 Å². The smallest absolute Gasteiger partial charge is 0.309 e. The van der Waals surface area contributed by atoms with E-state index in [1.807, 2.05) is 0 Å². The lowest BCUT2D eigenvalue weighted by Crippen LogP contribution is -2.42. The fraction of sp³-hybridized carbons (Fsp3) is 0.900. The van der Waals surface area contributed by atoms with Crippen LogP contribution in [-0.2, 0) is 29.4 Å². The van der Waals surface area contributed by atoms with Crippen LogP contribution in [0.15, 0.2) is 0 Å². The Hall–Kier alpha value is -0.670. The van der Waals surface area contributed by atoms with Gasteiger partial charge in [-0.15, -0.1) is 0 Å². The number of sulfone groups is 1. The van der Waals surface area contributed by atoms with Gasteiger partial charge < -0.3 is 4.74 Å². The molecule has 1 aliphatic rings. The molecule has 112 valence electrons. The van der Waals surface area contributed by atoms with E-state index in [0.29, 0.717) is 19.4 Å². The van der Waals surface area contributed by atoms with Crippen molar-refractivity contribution >= 4 is 25.8 Å². The number of nitrogens with zero attached hydrogens (tertiary/aromatic N) is 1.